The van der Waals surface area contributed by atoms with Crippen LogP contribution >= 0.6 is 0 Å². The van der Waals surface area contributed by atoms with Crippen molar-refractivity contribution in [2.45, 2.75) is 57.9 Å². The summed E-state index contributed by atoms with van der Waals surface area (Å²) in [5.41, 5.74) is 2.12. The van der Waals surface area contributed by atoms with E-state index in [1.807, 2.05) is 30.0 Å². The maximum atomic E-state index is 12.9. The topological polar surface area (TPSA) is 59.2 Å². The van der Waals surface area contributed by atoms with Crippen molar-refractivity contribution in [2.75, 3.05) is 6.54 Å². The number of hydrogen-bond donors (Lipinski definition) is 0. The summed E-state index contributed by atoms with van der Waals surface area (Å²) >= 11 is 0. The number of piperidine rings is 1. The fourth-order valence-electron chi connectivity index (χ4n) is 4.13. The Kier molecular flexibility index (Phi) is 4.55. The fourth-order valence-corrected chi connectivity index (χ4v) is 4.13. The molecule has 1 atom stereocenters. The van der Waals surface area contributed by atoms with E-state index in [4.69, 9.17) is 4.52 Å². The van der Waals surface area contributed by atoms with Gasteiger partial charge in [0.15, 0.2) is 0 Å². The van der Waals surface area contributed by atoms with Crippen molar-refractivity contribution in [3.63, 3.8) is 0 Å². The number of carbonyl (C=O) groups excluding carboxylic acids is 1. The van der Waals surface area contributed by atoms with Gasteiger partial charge in [-0.1, -0.05) is 41.8 Å². The molecule has 2 heterocycles. The minimum absolute atomic E-state index is 0.0621. The average Bonchev–Trinajstić information content (AvgIpc) is 3.33. The van der Waals surface area contributed by atoms with Crippen molar-refractivity contribution in [3.8, 4) is 11.4 Å². The molecule has 0 N–H and O–H groups in total. The molecule has 5 nitrogen and oxygen atoms in total. The Balaban J connectivity index is 1.57. The maximum Gasteiger partial charge on any atom is 0.249 e. The second-order valence-corrected chi connectivity index (χ2v) is 7.35. The van der Waals surface area contributed by atoms with Crippen molar-refractivity contribution in [3.05, 3.63) is 35.7 Å². The van der Waals surface area contributed by atoms with Crippen molar-refractivity contribution in [1.29, 1.82) is 0 Å². The van der Waals surface area contributed by atoms with Gasteiger partial charge in [-0.05, 0) is 45.1 Å². The van der Waals surface area contributed by atoms with Gasteiger partial charge >= 0.3 is 0 Å². The minimum Gasteiger partial charge on any atom is -0.337 e. The lowest BCUT2D eigenvalue weighted by Gasteiger charge is -2.35. The van der Waals surface area contributed by atoms with Gasteiger partial charge in [0.2, 0.25) is 17.6 Å². The van der Waals surface area contributed by atoms with E-state index in [2.05, 4.69) is 16.2 Å². The van der Waals surface area contributed by atoms with Gasteiger partial charge in [-0.3, -0.25) is 4.79 Å². The van der Waals surface area contributed by atoms with Gasteiger partial charge in [0.1, 0.15) is 6.04 Å². The zero-order valence-electron chi connectivity index (χ0n) is 14.8. The van der Waals surface area contributed by atoms with Crippen LogP contribution in [-0.4, -0.2) is 27.5 Å². The normalized spacial score (nSPS) is 21.6. The molecule has 2 fully saturated rings. The first-order valence-corrected chi connectivity index (χ1v) is 9.43. The van der Waals surface area contributed by atoms with E-state index >= 15 is 0 Å². The van der Waals surface area contributed by atoms with E-state index in [-0.39, 0.29) is 17.9 Å². The molecule has 0 unspecified atom stereocenters. The van der Waals surface area contributed by atoms with Gasteiger partial charge in [-0.15, -0.1) is 0 Å². The minimum atomic E-state index is -0.0621. The molecule has 1 saturated carbocycles. The second kappa shape index (κ2) is 6.98. The number of amides is 1. The van der Waals surface area contributed by atoms with Crippen molar-refractivity contribution in [1.82, 2.24) is 15.0 Å². The SMILES string of the molecule is Cc1cccc(-c2noc([C@H]3CCCCN3C(=O)C3CCCC3)n2)c1. The monoisotopic (exact) mass is 339 g/mol. The Morgan fingerprint density at radius 1 is 1.16 bits per heavy atom. The third-order valence-electron chi connectivity index (χ3n) is 5.49. The summed E-state index contributed by atoms with van der Waals surface area (Å²) in [6.45, 7) is 2.86. The molecule has 1 aliphatic carbocycles. The van der Waals surface area contributed by atoms with Crippen molar-refractivity contribution >= 4 is 5.91 Å². The molecule has 0 spiro atoms. The summed E-state index contributed by atoms with van der Waals surface area (Å²) in [6, 6.07) is 8.03. The maximum absolute atomic E-state index is 12.9. The molecular weight excluding hydrogens is 314 g/mol. The molecule has 1 aromatic carbocycles. The molecule has 1 aliphatic heterocycles. The van der Waals surface area contributed by atoms with Crippen LogP contribution < -0.4 is 0 Å². The van der Waals surface area contributed by atoms with Crippen LogP contribution in [0.2, 0.25) is 0 Å². The highest BCUT2D eigenvalue weighted by Crippen LogP contribution is 2.35. The average molecular weight is 339 g/mol. The first-order chi connectivity index (χ1) is 12.2. The largest absolute Gasteiger partial charge is 0.337 e. The smallest absolute Gasteiger partial charge is 0.249 e. The molecule has 25 heavy (non-hydrogen) atoms. The Labute approximate surface area is 148 Å². The number of rotatable bonds is 3. The molecular formula is C20H25N3O2. The summed E-state index contributed by atoms with van der Waals surface area (Å²) in [6.07, 6.45) is 7.48. The van der Waals surface area contributed by atoms with E-state index < -0.39 is 0 Å². The van der Waals surface area contributed by atoms with Crippen LogP contribution in [0, 0.1) is 12.8 Å². The molecule has 2 aliphatic rings. The number of hydrogen-bond acceptors (Lipinski definition) is 4. The number of aromatic nitrogens is 2. The van der Waals surface area contributed by atoms with E-state index in [0.717, 1.165) is 44.2 Å². The van der Waals surface area contributed by atoms with Crippen LogP contribution in [0.5, 0.6) is 0 Å². The molecule has 1 saturated heterocycles. The zero-order chi connectivity index (χ0) is 17.2. The first kappa shape index (κ1) is 16.3. The van der Waals surface area contributed by atoms with Crippen LogP contribution in [0.15, 0.2) is 28.8 Å². The highest BCUT2D eigenvalue weighted by Gasteiger charge is 2.36. The van der Waals surface area contributed by atoms with Crippen LogP contribution in [-0.2, 0) is 4.79 Å². The second-order valence-electron chi connectivity index (χ2n) is 7.35. The lowest BCUT2D eigenvalue weighted by molar-refractivity contribution is -0.140. The number of aryl methyl sites for hydroxylation is 1. The molecule has 2 aromatic rings. The van der Waals surface area contributed by atoms with E-state index in [1.54, 1.807) is 0 Å². The van der Waals surface area contributed by atoms with Gasteiger partial charge in [-0.2, -0.15) is 4.98 Å². The first-order valence-electron chi connectivity index (χ1n) is 9.43. The Morgan fingerprint density at radius 3 is 2.76 bits per heavy atom. The predicted octanol–water partition coefficient (Wildman–Crippen LogP) is 4.29. The fraction of sp³-hybridized carbons (Fsp3) is 0.550. The zero-order valence-corrected chi connectivity index (χ0v) is 14.8. The predicted molar refractivity (Wildman–Crippen MR) is 94.7 cm³/mol. The molecule has 0 radical (unpaired) electrons. The van der Waals surface area contributed by atoms with Gasteiger partial charge < -0.3 is 9.42 Å². The lowest BCUT2D eigenvalue weighted by Crippen LogP contribution is -2.41. The molecule has 5 heteroatoms. The van der Waals surface area contributed by atoms with Gasteiger partial charge in [0.25, 0.3) is 0 Å². The Bertz CT molecular complexity index is 749. The van der Waals surface area contributed by atoms with Gasteiger partial charge in [-0.25, -0.2) is 0 Å². The van der Waals surface area contributed by atoms with Crippen LogP contribution in [0.4, 0.5) is 0 Å². The molecule has 1 amide bonds. The number of nitrogens with zero attached hydrogens (tertiary/aromatic N) is 3. The highest BCUT2D eigenvalue weighted by molar-refractivity contribution is 5.79. The summed E-state index contributed by atoms with van der Waals surface area (Å²) < 4.78 is 5.59. The molecule has 1 aromatic heterocycles. The summed E-state index contributed by atoms with van der Waals surface area (Å²) in [5, 5.41) is 4.17. The van der Waals surface area contributed by atoms with Crippen molar-refractivity contribution in [2.24, 2.45) is 5.92 Å². The van der Waals surface area contributed by atoms with Crippen LogP contribution in [0.1, 0.15) is 62.4 Å². The number of carbonyl (C=O) groups is 1. The van der Waals surface area contributed by atoms with E-state index in [1.165, 1.54) is 18.4 Å². The third kappa shape index (κ3) is 3.32. The van der Waals surface area contributed by atoms with E-state index in [0.29, 0.717) is 11.7 Å². The molecule has 132 valence electrons. The van der Waals surface area contributed by atoms with Crippen LogP contribution in [0.3, 0.4) is 0 Å². The van der Waals surface area contributed by atoms with Crippen molar-refractivity contribution < 1.29 is 9.32 Å². The lowest BCUT2D eigenvalue weighted by atomic mass is 9.98. The Morgan fingerprint density at radius 2 is 1.96 bits per heavy atom. The summed E-state index contributed by atoms with van der Waals surface area (Å²) in [5.74, 6) is 1.68. The van der Waals surface area contributed by atoms with Crippen LogP contribution in [0.25, 0.3) is 11.4 Å². The number of likely N-dealkylation sites (tertiary alicyclic amines) is 1. The number of benzene rings is 1. The molecule has 4 rings (SSSR count). The quantitative estimate of drug-likeness (QED) is 0.837. The summed E-state index contributed by atoms with van der Waals surface area (Å²) in [7, 11) is 0. The van der Waals surface area contributed by atoms with Gasteiger partial charge in [0.05, 0.1) is 0 Å². The Hall–Kier alpha value is -2.17. The molecule has 0 bridgehead atoms. The standard InChI is InChI=1S/C20H25N3O2/c1-14-7-6-10-16(13-14)18-21-19(25-22-18)17-11-4-5-12-23(17)20(24)15-8-2-3-9-15/h6-7,10,13,15,17H,2-5,8-9,11-12H2,1H3/t17-/m1/s1. The summed E-state index contributed by atoms with van der Waals surface area (Å²) in [4.78, 5) is 19.6. The van der Waals surface area contributed by atoms with E-state index in [9.17, 15) is 4.79 Å². The third-order valence-corrected chi connectivity index (χ3v) is 5.49. The highest BCUT2D eigenvalue weighted by atomic mass is 16.5. The van der Waals surface area contributed by atoms with Gasteiger partial charge in [0, 0.05) is 18.0 Å².